The molecule has 0 amide bonds. The quantitative estimate of drug-likeness (QED) is 0.921. The molecule has 2 N–H and O–H groups in total. The zero-order valence-electron chi connectivity index (χ0n) is 12.5. The first-order valence-electron chi connectivity index (χ1n) is 7.93. The van der Waals surface area contributed by atoms with E-state index in [0.717, 1.165) is 29.6 Å². The number of aromatic nitrogens is 2. The Morgan fingerprint density at radius 1 is 1.38 bits per heavy atom. The second kappa shape index (κ2) is 5.26. The molecule has 0 aliphatic carbocycles. The summed E-state index contributed by atoms with van der Waals surface area (Å²) in [4.78, 5) is 11.1. The molecule has 2 saturated heterocycles. The van der Waals surface area contributed by atoms with E-state index in [4.69, 9.17) is 10.7 Å². The fraction of sp³-hybridized carbons (Fsp3) is 0.667. The molecule has 5 nitrogen and oxygen atoms in total. The molecule has 0 radical (unpaired) electrons. The van der Waals surface area contributed by atoms with Gasteiger partial charge in [0.25, 0.3) is 0 Å². The maximum Gasteiger partial charge on any atom is 0.195 e. The Morgan fingerprint density at radius 2 is 2.29 bits per heavy atom. The number of nitrogens with two attached hydrogens (primary N) is 1. The first kappa shape index (κ1) is 13.5. The highest BCUT2D eigenvalue weighted by molar-refractivity contribution is 7.15. The molecule has 114 valence electrons. The summed E-state index contributed by atoms with van der Waals surface area (Å²) in [6.07, 6.45) is 6.13. The van der Waals surface area contributed by atoms with Crippen LogP contribution in [-0.4, -0.2) is 46.0 Å². The first-order valence-corrected chi connectivity index (χ1v) is 8.81. The average Bonchev–Trinajstić information content (AvgIpc) is 3.06. The number of thiazole rings is 1. The van der Waals surface area contributed by atoms with Crippen LogP contribution in [0.2, 0.25) is 0 Å². The molecule has 21 heavy (non-hydrogen) atoms. The molecule has 2 aromatic heterocycles. The maximum absolute atomic E-state index is 6.01. The van der Waals surface area contributed by atoms with Crippen molar-refractivity contribution in [1.29, 1.82) is 0 Å². The molecular weight excluding hydrogens is 282 g/mol. The number of hydrogen-bond acceptors (Lipinski definition) is 5. The molecule has 2 fully saturated rings. The van der Waals surface area contributed by atoms with Crippen LogP contribution in [0.5, 0.6) is 0 Å². The number of nitrogens with zero attached hydrogens (tertiary/aromatic N) is 4. The van der Waals surface area contributed by atoms with E-state index in [2.05, 4.69) is 32.7 Å². The van der Waals surface area contributed by atoms with E-state index in [0.29, 0.717) is 18.6 Å². The molecule has 0 saturated carbocycles. The van der Waals surface area contributed by atoms with Crippen LogP contribution in [0.3, 0.4) is 0 Å². The van der Waals surface area contributed by atoms with Crippen molar-refractivity contribution in [3.8, 4) is 0 Å². The molecule has 0 aromatic carbocycles. The Balaban J connectivity index is 1.68. The number of piperazine rings is 1. The molecule has 4 rings (SSSR count). The van der Waals surface area contributed by atoms with Gasteiger partial charge in [-0.3, -0.25) is 9.30 Å². The molecule has 2 unspecified atom stereocenters. The van der Waals surface area contributed by atoms with Gasteiger partial charge >= 0.3 is 0 Å². The normalized spacial score (nSPS) is 27.2. The summed E-state index contributed by atoms with van der Waals surface area (Å²) in [7, 11) is 0. The summed E-state index contributed by atoms with van der Waals surface area (Å²) < 4.78 is 2.15. The number of hydrogen-bond donors (Lipinski definition) is 1. The highest BCUT2D eigenvalue weighted by Crippen LogP contribution is 2.31. The van der Waals surface area contributed by atoms with Crippen molar-refractivity contribution < 1.29 is 0 Å². The van der Waals surface area contributed by atoms with E-state index >= 15 is 0 Å². The zero-order valence-corrected chi connectivity index (χ0v) is 13.4. The van der Waals surface area contributed by atoms with Crippen LogP contribution in [0.4, 0.5) is 5.82 Å². The fourth-order valence-electron chi connectivity index (χ4n) is 3.89. The summed E-state index contributed by atoms with van der Waals surface area (Å²) in [5, 5.41) is 2.08. The molecule has 2 aliphatic rings. The SMILES string of the molecule is CC1CN2CCCCC2CN1c1nc2sccn2c1CN. The lowest BCUT2D eigenvalue weighted by Gasteiger charge is -2.47. The van der Waals surface area contributed by atoms with Gasteiger partial charge in [0, 0.05) is 43.3 Å². The predicted octanol–water partition coefficient (Wildman–Crippen LogP) is 1.92. The van der Waals surface area contributed by atoms with E-state index in [9.17, 15) is 0 Å². The number of piperidine rings is 1. The smallest absolute Gasteiger partial charge is 0.195 e. The zero-order chi connectivity index (χ0) is 14.4. The Kier molecular flexibility index (Phi) is 3.40. The number of imidazole rings is 1. The number of rotatable bonds is 2. The van der Waals surface area contributed by atoms with Crippen LogP contribution < -0.4 is 10.6 Å². The van der Waals surface area contributed by atoms with Crippen LogP contribution >= 0.6 is 11.3 Å². The van der Waals surface area contributed by atoms with Gasteiger partial charge in [-0.15, -0.1) is 11.3 Å². The third-order valence-corrected chi connectivity index (χ3v) is 5.75. The highest BCUT2D eigenvalue weighted by atomic mass is 32.1. The second-order valence-electron chi connectivity index (χ2n) is 6.29. The third-order valence-electron chi connectivity index (χ3n) is 4.99. The summed E-state index contributed by atoms with van der Waals surface area (Å²) in [6, 6.07) is 1.20. The van der Waals surface area contributed by atoms with Crippen LogP contribution in [-0.2, 0) is 6.54 Å². The fourth-order valence-corrected chi connectivity index (χ4v) is 4.62. The largest absolute Gasteiger partial charge is 0.349 e. The van der Waals surface area contributed by atoms with Gasteiger partial charge in [-0.05, 0) is 26.3 Å². The summed E-state index contributed by atoms with van der Waals surface area (Å²) >= 11 is 1.68. The van der Waals surface area contributed by atoms with Crippen LogP contribution in [0.1, 0.15) is 31.9 Å². The monoisotopic (exact) mass is 305 g/mol. The van der Waals surface area contributed by atoms with Gasteiger partial charge < -0.3 is 10.6 Å². The molecule has 4 heterocycles. The molecule has 0 spiro atoms. The van der Waals surface area contributed by atoms with Gasteiger partial charge in [0.15, 0.2) is 10.8 Å². The van der Waals surface area contributed by atoms with E-state index in [1.54, 1.807) is 11.3 Å². The van der Waals surface area contributed by atoms with Crippen molar-refractivity contribution in [2.75, 3.05) is 24.5 Å². The van der Waals surface area contributed by atoms with Crippen molar-refractivity contribution in [3.05, 3.63) is 17.3 Å². The van der Waals surface area contributed by atoms with Crippen molar-refractivity contribution in [3.63, 3.8) is 0 Å². The van der Waals surface area contributed by atoms with Crippen molar-refractivity contribution in [1.82, 2.24) is 14.3 Å². The van der Waals surface area contributed by atoms with Crippen molar-refractivity contribution in [2.45, 2.75) is 44.8 Å². The minimum absolute atomic E-state index is 0.509. The lowest BCUT2D eigenvalue weighted by Crippen LogP contribution is -2.59. The Bertz CT molecular complexity index is 633. The first-order chi connectivity index (χ1) is 10.3. The lowest BCUT2D eigenvalue weighted by atomic mass is 9.97. The van der Waals surface area contributed by atoms with Gasteiger partial charge in [0.2, 0.25) is 0 Å². The minimum Gasteiger partial charge on any atom is -0.349 e. The van der Waals surface area contributed by atoms with E-state index < -0.39 is 0 Å². The summed E-state index contributed by atoms with van der Waals surface area (Å²) in [6.45, 7) is 6.38. The topological polar surface area (TPSA) is 49.8 Å². The predicted molar refractivity (Wildman–Crippen MR) is 87.0 cm³/mol. The molecule has 6 heteroatoms. The third kappa shape index (κ3) is 2.17. The second-order valence-corrected chi connectivity index (χ2v) is 7.16. The standard InChI is InChI=1S/C15H23N5S/c1-11-9-18-5-3-2-4-12(18)10-20(11)14-13(8-16)19-6-7-21-15(19)17-14/h6-7,11-12H,2-5,8-10,16H2,1H3. The summed E-state index contributed by atoms with van der Waals surface area (Å²) in [5.74, 6) is 1.11. The van der Waals surface area contributed by atoms with Gasteiger partial charge in [-0.25, -0.2) is 4.98 Å². The van der Waals surface area contributed by atoms with Crippen LogP contribution in [0, 0.1) is 0 Å². The van der Waals surface area contributed by atoms with Gasteiger partial charge in [0.1, 0.15) is 0 Å². The van der Waals surface area contributed by atoms with Crippen molar-refractivity contribution in [2.24, 2.45) is 5.73 Å². The number of anilines is 1. The molecular formula is C15H23N5S. The Morgan fingerprint density at radius 3 is 3.14 bits per heavy atom. The molecule has 0 bridgehead atoms. The van der Waals surface area contributed by atoms with E-state index in [-0.39, 0.29) is 0 Å². The van der Waals surface area contributed by atoms with E-state index in [1.807, 2.05) is 0 Å². The molecule has 2 atom stereocenters. The van der Waals surface area contributed by atoms with Crippen molar-refractivity contribution >= 4 is 22.1 Å². The van der Waals surface area contributed by atoms with Gasteiger partial charge in [-0.2, -0.15) is 0 Å². The molecule has 2 aliphatic heterocycles. The van der Waals surface area contributed by atoms with Crippen LogP contribution in [0.15, 0.2) is 11.6 Å². The Labute approximate surface area is 129 Å². The molecule has 2 aromatic rings. The highest BCUT2D eigenvalue weighted by Gasteiger charge is 2.35. The summed E-state index contributed by atoms with van der Waals surface area (Å²) in [5.41, 5.74) is 7.17. The van der Waals surface area contributed by atoms with Crippen LogP contribution in [0.25, 0.3) is 4.96 Å². The average molecular weight is 305 g/mol. The Hall–Kier alpha value is -1.11. The van der Waals surface area contributed by atoms with Gasteiger partial charge in [-0.1, -0.05) is 6.42 Å². The lowest BCUT2D eigenvalue weighted by molar-refractivity contribution is 0.115. The van der Waals surface area contributed by atoms with Gasteiger partial charge in [0.05, 0.1) is 5.69 Å². The minimum atomic E-state index is 0.509. The maximum atomic E-state index is 6.01. The number of fused-ring (bicyclic) bond motifs is 2. The van der Waals surface area contributed by atoms with E-state index in [1.165, 1.54) is 25.8 Å².